The number of amides is 2. The first-order chi connectivity index (χ1) is 13.8. The van der Waals surface area contributed by atoms with Gasteiger partial charge in [-0.15, -0.1) is 5.10 Å². The van der Waals surface area contributed by atoms with Crippen molar-refractivity contribution in [3.8, 4) is 0 Å². The SMILES string of the molecule is CC(C)(C)NC(=O)[C@@H](c1ccccc1)N(Cc1cccnc1)C(=O)c1csnn1. The summed E-state index contributed by atoms with van der Waals surface area (Å²) in [5, 5.41) is 8.51. The van der Waals surface area contributed by atoms with Crippen molar-refractivity contribution >= 4 is 23.3 Å². The van der Waals surface area contributed by atoms with E-state index in [1.54, 1.807) is 23.8 Å². The molecule has 0 fully saturated rings. The van der Waals surface area contributed by atoms with E-state index in [-0.39, 0.29) is 24.1 Å². The molecule has 3 rings (SSSR count). The molecule has 150 valence electrons. The molecule has 0 spiro atoms. The molecule has 0 aliphatic heterocycles. The molecule has 1 N–H and O–H groups in total. The zero-order valence-electron chi connectivity index (χ0n) is 16.6. The summed E-state index contributed by atoms with van der Waals surface area (Å²) < 4.78 is 3.80. The van der Waals surface area contributed by atoms with Crippen molar-refractivity contribution < 1.29 is 9.59 Å². The Hall–Kier alpha value is -3.13. The molecule has 0 radical (unpaired) electrons. The van der Waals surface area contributed by atoms with E-state index in [4.69, 9.17) is 0 Å². The lowest BCUT2D eigenvalue weighted by Crippen LogP contribution is -2.49. The minimum absolute atomic E-state index is 0.210. The molecular weight excluding hydrogens is 386 g/mol. The maximum atomic E-state index is 13.3. The summed E-state index contributed by atoms with van der Waals surface area (Å²) in [6.07, 6.45) is 3.35. The number of rotatable bonds is 6. The Kier molecular flexibility index (Phi) is 6.33. The second kappa shape index (κ2) is 8.91. The predicted molar refractivity (Wildman–Crippen MR) is 111 cm³/mol. The molecule has 1 atom stereocenters. The van der Waals surface area contributed by atoms with E-state index in [2.05, 4.69) is 19.9 Å². The van der Waals surface area contributed by atoms with Gasteiger partial charge >= 0.3 is 0 Å². The first kappa shape index (κ1) is 20.6. The minimum Gasteiger partial charge on any atom is -0.349 e. The van der Waals surface area contributed by atoms with Gasteiger partial charge in [-0.25, -0.2) is 0 Å². The van der Waals surface area contributed by atoms with Gasteiger partial charge in [-0.05, 0) is 49.5 Å². The molecule has 29 heavy (non-hydrogen) atoms. The molecular formula is C21H23N5O2S. The van der Waals surface area contributed by atoms with E-state index in [1.807, 2.05) is 57.2 Å². The van der Waals surface area contributed by atoms with Gasteiger partial charge in [0.2, 0.25) is 5.91 Å². The maximum Gasteiger partial charge on any atom is 0.276 e. The summed E-state index contributed by atoms with van der Waals surface area (Å²) in [6.45, 7) is 5.93. The van der Waals surface area contributed by atoms with Crippen LogP contribution in [0.1, 0.15) is 48.4 Å². The van der Waals surface area contributed by atoms with Gasteiger partial charge in [-0.3, -0.25) is 14.6 Å². The molecule has 7 nitrogen and oxygen atoms in total. The molecule has 1 aromatic carbocycles. The Bertz CT molecular complexity index is 940. The third kappa shape index (κ3) is 5.45. The molecule has 0 saturated carbocycles. The van der Waals surface area contributed by atoms with Gasteiger partial charge in [0.25, 0.3) is 5.91 Å². The molecule has 0 unspecified atom stereocenters. The molecule has 2 amide bonds. The van der Waals surface area contributed by atoms with Gasteiger partial charge in [0, 0.05) is 29.9 Å². The number of pyridine rings is 1. The first-order valence-electron chi connectivity index (χ1n) is 9.19. The first-order valence-corrected chi connectivity index (χ1v) is 10.0. The lowest BCUT2D eigenvalue weighted by molar-refractivity contribution is -0.127. The highest BCUT2D eigenvalue weighted by Gasteiger charge is 2.34. The molecule has 0 bridgehead atoms. The number of benzene rings is 1. The molecule has 0 saturated heterocycles. The highest BCUT2D eigenvalue weighted by atomic mass is 32.1. The smallest absolute Gasteiger partial charge is 0.276 e. The highest BCUT2D eigenvalue weighted by molar-refractivity contribution is 7.03. The second-order valence-electron chi connectivity index (χ2n) is 7.64. The van der Waals surface area contributed by atoms with Crippen LogP contribution in [0.4, 0.5) is 0 Å². The monoisotopic (exact) mass is 409 g/mol. The molecule has 8 heteroatoms. The van der Waals surface area contributed by atoms with E-state index >= 15 is 0 Å². The normalized spacial score (nSPS) is 12.2. The van der Waals surface area contributed by atoms with Crippen LogP contribution in [0.5, 0.6) is 0 Å². The number of hydrogen-bond acceptors (Lipinski definition) is 6. The van der Waals surface area contributed by atoms with Crippen LogP contribution in [-0.2, 0) is 11.3 Å². The molecule has 3 aromatic rings. The van der Waals surface area contributed by atoms with E-state index < -0.39 is 11.6 Å². The lowest BCUT2D eigenvalue weighted by atomic mass is 10.0. The van der Waals surface area contributed by atoms with Crippen LogP contribution >= 0.6 is 11.5 Å². The van der Waals surface area contributed by atoms with Crippen molar-refractivity contribution in [3.63, 3.8) is 0 Å². The summed E-state index contributed by atoms with van der Waals surface area (Å²) in [4.78, 5) is 32.3. The topological polar surface area (TPSA) is 88.1 Å². The Labute approximate surface area is 174 Å². The van der Waals surface area contributed by atoms with Gasteiger partial charge < -0.3 is 10.2 Å². The summed E-state index contributed by atoms with van der Waals surface area (Å²) in [7, 11) is 0. The zero-order valence-corrected chi connectivity index (χ0v) is 17.4. The minimum atomic E-state index is -0.829. The third-order valence-electron chi connectivity index (χ3n) is 4.09. The number of hydrogen-bond donors (Lipinski definition) is 1. The van der Waals surface area contributed by atoms with Crippen LogP contribution in [0.15, 0.2) is 60.2 Å². The highest BCUT2D eigenvalue weighted by Crippen LogP contribution is 2.26. The van der Waals surface area contributed by atoms with Crippen molar-refractivity contribution in [3.05, 3.63) is 77.1 Å². The Morgan fingerprint density at radius 3 is 2.48 bits per heavy atom. The summed E-state index contributed by atoms with van der Waals surface area (Å²) in [5.74, 6) is -0.621. The van der Waals surface area contributed by atoms with E-state index in [1.165, 1.54) is 4.90 Å². The van der Waals surface area contributed by atoms with Crippen LogP contribution in [0.3, 0.4) is 0 Å². The number of nitrogens with zero attached hydrogens (tertiary/aromatic N) is 4. The number of aromatic nitrogens is 3. The Morgan fingerprint density at radius 2 is 1.90 bits per heavy atom. The van der Waals surface area contributed by atoms with Gasteiger partial charge in [-0.2, -0.15) is 0 Å². The van der Waals surface area contributed by atoms with E-state index in [0.717, 1.165) is 22.7 Å². The Balaban J connectivity index is 2.05. The van der Waals surface area contributed by atoms with Crippen LogP contribution in [0.2, 0.25) is 0 Å². The van der Waals surface area contributed by atoms with Gasteiger partial charge in [-0.1, -0.05) is 40.9 Å². The lowest BCUT2D eigenvalue weighted by Gasteiger charge is -2.33. The van der Waals surface area contributed by atoms with E-state index in [9.17, 15) is 9.59 Å². The van der Waals surface area contributed by atoms with Crippen molar-refractivity contribution in [2.45, 2.75) is 38.9 Å². The number of carbonyl (C=O) groups excluding carboxylic acids is 2. The third-order valence-corrected chi connectivity index (χ3v) is 4.59. The molecule has 2 heterocycles. The second-order valence-corrected chi connectivity index (χ2v) is 8.25. The van der Waals surface area contributed by atoms with Gasteiger partial charge in [0.1, 0.15) is 6.04 Å². The largest absolute Gasteiger partial charge is 0.349 e. The number of carbonyl (C=O) groups is 2. The molecule has 0 aliphatic carbocycles. The summed E-state index contributed by atoms with van der Waals surface area (Å²) in [6, 6.07) is 12.1. The van der Waals surface area contributed by atoms with Crippen molar-refractivity contribution in [2.24, 2.45) is 0 Å². The average molecular weight is 410 g/mol. The fourth-order valence-corrected chi connectivity index (χ4v) is 3.35. The molecule has 2 aromatic heterocycles. The van der Waals surface area contributed by atoms with Crippen LogP contribution in [0, 0.1) is 0 Å². The fourth-order valence-electron chi connectivity index (χ4n) is 2.92. The summed E-state index contributed by atoms with van der Waals surface area (Å²) >= 11 is 1.10. The van der Waals surface area contributed by atoms with Gasteiger partial charge in [0.05, 0.1) is 0 Å². The van der Waals surface area contributed by atoms with Crippen molar-refractivity contribution in [2.75, 3.05) is 0 Å². The van der Waals surface area contributed by atoms with Gasteiger partial charge in [0.15, 0.2) is 5.69 Å². The van der Waals surface area contributed by atoms with E-state index in [0.29, 0.717) is 0 Å². The van der Waals surface area contributed by atoms with Crippen molar-refractivity contribution in [1.29, 1.82) is 0 Å². The average Bonchev–Trinajstić information content (AvgIpc) is 3.22. The van der Waals surface area contributed by atoms with Crippen molar-refractivity contribution in [1.82, 2.24) is 24.8 Å². The quantitative estimate of drug-likeness (QED) is 0.675. The Morgan fingerprint density at radius 1 is 1.14 bits per heavy atom. The number of nitrogens with one attached hydrogen (secondary N) is 1. The summed E-state index contributed by atoms with van der Waals surface area (Å²) in [5.41, 5.74) is 1.29. The molecule has 0 aliphatic rings. The van der Waals surface area contributed by atoms with Crippen LogP contribution in [0.25, 0.3) is 0 Å². The maximum absolute atomic E-state index is 13.3. The predicted octanol–water partition coefficient (Wildman–Crippen LogP) is 3.23. The fraction of sp³-hybridized carbons (Fsp3) is 0.286. The standard InChI is InChI=1S/C21H23N5O2S/c1-21(2,3)23-19(27)18(16-9-5-4-6-10-16)26(13-15-8-7-11-22-12-15)20(28)17-14-29-25-24-17/h4-12,14,18H,13H2,1-3H3,(H,23,27)/t18-/m1/s1. The zero-order chi connectivity index (χ0) is 20.9. The van der Waals surface area contributed by atoms with Crippen LogP contribution < -0.4 is 5.32 Å². The van der Waals surface area contributed by atoms with Crippen LogP contribution in [-0.4, -0.2) is 36.8 Å².